The van der Waals surface area contributed by atoms with Crippen LogP contribution in [0.2, 0.25) is 5.02 Å². The van der Waals surface area contributed by atoms with E-state index in [4.69, 9.17) is 21.8 Å². The lowest BCUT2D eigenvalue weighted by atomic mass is 9.64. The normalized spacial score (nSPS) is 18.8. The van der Waals surface area contributed by atoms with Crippen molar-refractivity contribution in [1.82, 2.24) is 9.78 Å². The van der Waals surface area contributed by atoms with Crippen LogP contribution in [0.5, 0.6) is 0 Å². The molecule has 0 N–H and O–H groups in total. The zero-order valence-corrected chi connectivity index (χ0v) is 24.7. The largest absolute Gasteiger partial charge is 0.293 e. The van der Waals surface area contributed by atoms with Crippen molar-refractivity contribution < 1.29 is 9.59 Å². The Morgan fingerprint density at radius 3 is 1.76 bits per heavy atom. The molecule has 2 unspecified atom stereocenters. The van der Waals surface area contributed by atoms with E-state index < -0.39 is 11.5 Å². The SMILES string of the molecule is O=C1c2c(-c3ccccc3)nn(-c3ccccc3)c2C(=O)C2(c3ccc(Cl)cc3)C1C(c1ccccc1)=NN2c1ccccc1. The molecule has 1 aliphatic heterocycles. The summed E-state index contributed by atoms with van der Waals surface area (Å²) >= 11 is 6.38. The first-order valence-electron chi connectivity index (χ1n) is 14.7. The Morgan fingerprint density at radius 1 is 0.622 bits per heavy atom. The molecule has 6 nitrogen and oxygen atoms in total. The zero-order chi connectivity index (χ0) is 30.5. The van der Waals surface area contributed by atoms with Crippen LogP contribution in [0.1, 0.15) is 32.0 Å². The predicted octanol–water partition coefficient (Wildman–Crippen LogP) is 8.01. The molecule has 1 aromatic heterocycles. The monoisotopic (exact) mass is 604 g/mol. The third-order valence-electron chi connectivity index (χ3n) is 8.59. The fraction of sp³-hybridized carbons (Fsp3) is 0.0526. The van der Waals surface area contributed by atoms with Crippen LogP contribution in [-0.4, -0.2) is 27.1 Å². The second kappa shape index (κ2) is 10.5. The van der Waals surface area contributed by atoms with Gasteiger partial charge in [0.2, 0.25) is 5.78 Å². The fourth-order valence-electron chi connectivity index (χ4n) is 6.63. The molecule has 0 saturated heterocycles. The highest BCUT2D eigenvalue weighted by Crippen LogP contribution is 2.53. The van der Waals surface area contributed by atoms with Gasteiger partial charge >= 0.3 is 0 Å². The van der Waals surface area contributed by atoms with E-state index in [-0.39, 0.29) is 17.3 Å². The molecule has 2 heterocycles. The van der Waals surface area contributed by atoms with Gasteiger partial charge in [-0.05, 0) is 47.5 Å². The Labute approximate surface area is 264 Å². The van der Waals surface area contributed by atoms with E-state index in [0.717, 1.165) is 11.1 Å². The molecule has 216 valence electrons. The molecule has 8 rings (SSSR count). The van der Waals surface area contributed by atoms with Crippen molar-refractivity contribution in [2.45, 2.75) is 5.54 Å². The van der Waals surface area contributed by atoms with Gasteiger partial charge in [-0.1, -0.05) is 121 Å². The van der Waals surface area contributed by atoms with E-state index in [9.17, 15) is 0 Å². The molecule has 0 bridgehead atoms. The smallest absolute Gasteiger partial charge is 0.215 e. The first kappa shape index (κ1) is 27.0. The quantitative estimate of drug-likeness (QED) is 0.200. The first-order chi connectivity index (χ1) is 22.1. The van der Waals surface area contributed by atoms with E-state index in [0.29, 0.717) is 38.9 Å². The molecule has 2 atom stereocenters. The van der Waals surface area contributed by atoms with Gasteiger partial charge in [-0.3, -0.25) is 9.59 Å². The van der Waals surface area contributed by atoms with E-state index in [2.05, 4.69) is 0 Å². The maximum Gasteiger partial charge on any atom is 0.215 e. The predicted molar refractivity (Wildman–Crippen MR) is 176 cm³/mol. The highest BCUT2D eigenvalue weighted by Gasteiger charge is 2.66. The molecule has 45 heavy (non-hydrogen) atoms. The molecule has 0 radical (unpaired) electrons. The second-order valence-electron chi connectivity index (χ2n) is 11.1. The van der Waals surface area contributed by atoms with Crippen LogP contribution in [0.25, 0.3) is 16.9 Å². The molecule has 7 heteroatoms. The number of ketones is 2. The molecule has 6 aromatic rings. The van der Waals surface area contributed by atoms with Crippen LogP contribution < -0.4 is 5.01 Å². The van der Waals surface area contributed by atoms with Gasteiger partial charge in [0.1, 0.15) is 17.3 Å². The van der Waals surface area contributed by atoms with E-state index >= 15 is 9.59 Å². The number of benzene rings is 5. The Balaban J connectivity index is 1.50. The summed E-state index contributed by atoms with van der Waals surface area (Å²) in [6.07, 6.45) is 0. The first-order valence-corrected chi connectivity index (χ1v) is 15.0. The molecule has 0 fully saturated rings. The highest BCUT2D eigenvalue weighted by molar-refractivity contribution is 6.33. The Bertz CT molecular complexity index is 2090. The fourth-order valence-corrected chi connectivity index (χ4v) is 6.76. The molecular weight excluding hydrogens is 580 g/mol. The van der Waals surface area contributed by atoms with Crippen molar-refractivity contribution in [3.05, 3.63) is 173 Å². The minimum absolute atomic E-state index is 0.221. The van der Waals surface area contributed by atoms with Crippen molar-refractivity contribution in [2.75, 3.05) is 5.01 Å². The topological polar surface area (TPSA) is 67.6 Å². The lowest BCUT2D eigenvalue weighted by Gasteiger charge is -2.42. The molecule has 2 aliphatic rings. The standard InChI is InChI=1S/C38H25ClN4O2/c39-28-23-21-27(22-24-28)38-32(34(26-15-7-2-8-16-26)41-43(38)30-19-11-4-12-20-30)36(44)31-33(25-13-5-1-6-14-25)40-42(35(31)37(38)45)29-17-9-3-10-18-29/h1-24,32H. The van der Waals surface area contributed by atoms with Gasteiger partial charge in [0, 0.05) is 10.6 Å². The number of carbonyl (C=O) groups excluding carboxylic acids is 2. The lowest BCUT2D eigenvalue weighted by Crippen LogP contribution is -2.58. The molecule has 5 aromatic carbocycles. The summed E-state index contributed by atoms with van der Waals surface area (Å²) in [6.45, 7) is 0. The summed E-state index contributed by atoms with van der Waals surface area (Å²) in [7, 11) is 0. The molecule has 1 aliphatic carbocycles. The molecule has 0 saturated carbocycles. The lowest BCUT2D eigenvalue weighted by molar-refractivity contribution is 0.0741. The van der Waals surface area contributed by atoms with Crippen molar-refractivity contribution in [3.63, 3.8) is 0 Å². The summed E-state index contributed by atoms with van der Waals surface area (Å²) < 4.78 is 1.62. The van der Waals surface area contributed by atoms with E-state index in [1.165, 1.54) is 0 Å². The average molecular weight is 605 g/mol. The molecule has 0 spiro atoms. The molecule has 0 amide bonds. The third kappa shape index (κ3) is 4.03. The number of hydrogen-bond acceptors (Lipinski definition) is 5. The number of carbonyl (C=O) groups is 2. The number of para-hydroxylation sites is 2. The van der Waals surface area contributed by atoms with Crippen LogP contribution in [-0.2, 0) is 5.54 Å². The zero-order valence-electron chi connectivity index (χ0n) is 23.9. The summed E-state index contributed by atoms with van der Waals surface area (Å²) in [5.41, 5.74) is 3.43. The maximum absolute atomic E-state index is 15.7. The van der Waals surface area contributed by atoms with Gasteiger partial charge in [-0.15, -0.1) is 0 Å². The van der Waals surface area contributed by atoms with Crippen LogP contribution >= 0.6 is 11.6 Å². The highest BCUT2D eigenvalue weighted by atomic mass is 35.5. The maximum atomic E-state index is 15.7. The number of aromatic nitrogens is 2. The summed E-state index contributed by atoms with van der Waals surface area (Å²) in [5.74, 6) is -1.47. The van der Waals surface area contributed by atoms with E-state index in [1.807, 2.05) is 133 Å². The second-order valence-corrected chi connectivity index (χ2v) is 11.5. The van der Waals surface area contributed by atoms with Gasteiger partial charge in [-0.2, -0.15) is 10.2 Å². The van der Waals surface area contributed by atoms with Crippen molar-refractivity contribution in [2.24, 2.45) is 11.0 Å². The number of hydrogen-bond donors (Lipinski definition) is 0. The van der Waals surface area contributed by atoms with Crippen molar-refractivity contribution in [3.8, 4) is 16.9 Å². The Morgan fingerprint density at radius 2 is 1.16 bits per heavy atom. The Kier molecular flexibility index (Phi) is 6.32. The number of hydrazone groups is 1. The summed E-state index contributed by atoms with van der Waals surface area (Å²) in [4.78, 5) is 31.0. The van der Waals surface area contributed by atoms with Crippen LogP contribution in [0.3, 0.4) is 0 Å². The van der Waals surface area contributed by atoms with Crippen molar-refractivity contribution in [1.29, 1.82) is 0 Å². The average Bonchev–Trinajstić information content (AvgIpc) is 3.68. The number of anilines is 1. The number of rotatable bonds is 5. The summed E-state index contributed by atoms with van der Waals surface area (Å²) in [5, 5.41) is 12.4. The van der Waals surface area contributed by atoms with Gasteiger partial charge in [0.15, 0.2) is 11.3 Å². The molecular formula is C38H25ClN4O2. The number of fused-ring (bicyclic) bond motifs is 2. The van der Waals surface area contributed by atoms with Crippen molar-refractivity contribution >= 4 is 34.6 Å². The van der Waals surface area contributed by atoms with Gasteiger partial charge in [0.25, 0.3) is 0 Å². The van der Waals surface area contributed by atoms with Gasteiger partial charge in [0.05, 0.1) is 22.6 Å². The number of Topliss-reactive ketones (excluding diaryl/α,β-unsaturated/α-hetero) is 2. The van der Waals surface area contributed by atoms with Gasteiger partial charge in [-0.25, -0.2) is 9.69 Å². The summed E-state index contributed by atoms with van der Waals surface area (Å²) in [6, 6.07) is 45.3. The minimum atomic E-state index is -1.55. The Hall–Kier alpha value is -5.59. The van der Waals surface area contributed by atoms with Crippen LogP contribution in [0.4, 0.5) is 5.69 Å². The number of nitrogens with zero attached hydrogens (tertiary/aromatic N) is 4. The van der Waals surface area contributed by atoms with E-state index in [1.54, 1.807) is 21.8 Å². The van der Waals surface area contributed by atoms with Crippen LogP contribution in [0, 0.1) is 5.92 Å². The number of halogens is 1. The minimum Gasteiger partial charge on any atom is -0.293 e. The van der Waals surface area contributed by atoms with Gasteiger partial charge < -0.3 is 0 Å². The third-order valence-corrected chi connectivity index (χ3v) is 8.84. The van der Waals surface area contributed by atoms with Crippen LogP contribution in [0.15, 0.2) is 151 Å².